The molecule has 0 radical (unpaired) electrons. The predicted molar refractivity (Wildman–Crippen MR) is 140 cm³/mol. The summed E-state index contributed by atoms with van der Waals surface area (Å²) in [6, 6.07) is 7.97. The Hall–Kier alpha value is -3.59. The second-order valence-corrected chi connectivity index (χ2v) is 10.6. The number of ether oxygens (including phenoxy) is 1. The molecule has 3 aromatic rings. The van der Waals surface area contributed by atoms with E-state index in [-0.39, 0.29) is 29.5 Å². The molecular weight excluding hydrogens is 488 g/mol. The number of rotatable bonds is 7. The molecule has 3 aliphatic rings. The fourth-order valence-corrected chi connectivity index (χ4v) is 6.30. The van der Waals surface area contributed by atoms with Gasteiger partial charge in [0, 0.05) is 36.8 Å². The number of hydrogen-bond acceptors (Lipinski definition) is 5. The standard InChI is InChI=1S/C29H31F2N5O2/c1-2-12-29(30,31)38-21-7-5-18(6-8-21)28(37)36-14-10-17(11-15-36)22-9-13-33-27-25(22)34-26(35-27)23-19-3-4-20(16-19)24(23)32/h2-9,13,17,19-20,23-24H,1,10-12,14-16,32H2,(H,33,34,35). The highest BCUT2D eigenvalue weighted by atomic mass is 19.3. The number of nitrogens with zero attached hydrogens (tertiary/aromatic N) is 3. The Morgan fingerprint density at radius 3 is 2.61 bits per heavy atom. The van der Waals surface area contributed by atoms with E-state index < -0.39 is 12.5 Å². The van der Waals surface area contributed by atoms with Gasteiger partial charge < -0.3 is 20.4 Å². The number of H-pyrrole nitrogens is 1. The predicted octanol–water partition coefficient (Wildman–Crippen LogP) is 5.14. The normalized spacial score (nSPS) is 25.3. The highest BCUT2D eigenvalue weighted by molar-refractivity contribution is 5.94. The van der Waals surface area contributed by atoms with Crippen molar-refractivity contribution < 1.29 is 18.3 Å². The highest BCUT2D eigenvalue weighted by Crippen LogP contribution is 2.47. The van der Waals surface area contributed by atoms with Crippen molar-refractivity contribution in [3.8, 4) is 5.75 Å². The number of fused-ring (bicyclic) bond motifs is 3. The number of likely N-dealkylation sites (tertiary alicyclic amines) is 1. The number of alkyl halides is 2. The summed E-state index contributed by atoms with van der Waals surface area (Å²) in [4.78, 5) is 27.9. The maximum atomic E-state index is 13.7. The van der Waals surface area contributed by atoms with Crippen LogP contribution in [-0.2, 0) is 0 Å². The minimum atomic E-state index is -3.33. The number of nitrogens with two attached hydrogens (primary N) is 1. The number of amides is 1. The number of imidazole rings is 1. The fraction of sp³-hybridized carbons (Fsp3) is 0.414. The van der Waals surface area contributed by atoms with Crippen molar-refractivity contribution in [3.05, 3.63) is 78.3 Å². The first-order valence-corrected chi connectivity index (χ1v) is 13.2. The van der Waals surface area contributed by atoms with Crippen molar-refractivity contribution in [1.29, 1.82) is 0 Å². The molecule has 3 heterocycles. The van der Waals surface area contributed by atoms with Gasteiger partial charge >= 0.3 is 6.11 Å². The minimum Gasteiger partial charge on any atom is -0.432 e. The summed E-state index contributed by atoms with van der Waals surface area (Å²) in [5, 5.41) is 0. The van der Waals surface area contributed by atoms with Crippen molar-refractivity contribution in [2.24, 2.45) is 17.6 Å². The van der Waals surface area contributed by atoms with E-state index in [1.54, 1.807) is 0 Å². The van der Waals surface area contributed by atoms with Gasteiger partial charge in [-0.05, 0) is 72.9 Å². The Labute approximate surface area is 219 Å². The number of pyridine rings is 1. The first-order chi connectivity index (χ1) is 18.3. The highest BCUT2D eigenvalue weighted by Gasteiger charge is 2.45. The molecule has 2 fully saturated rings. The smallest absolute Gasteiger partial charge is 0.401 e. The average molecular weight is 520 g/mol. The summed E-state index contributed by atoms with van der Waals surface area (Å²) >= 11 is 0. The maximum absolute atomic E-state index is 13.7. The molecule has 7 nitrogen and oxygen atoms in total. The van der Waals surface area contributed by atoms with Crippen LogP contribution in [0.2, 0.25) is 0 Å². The molecule has 1 aromatic carbocycles. The lowest BCUT2D eigenvalue weighted by Crippen LogP contribution is -2.38. The zero-order valence-electron chi connectivity index (χ0n) is 21.0. The summed E-state index contributed by atoms with van der Waals surface area (Å²) in [5.74, 6) is 2.12. The third kappa shape index (κ3) is 4.49. The molecule has 198 valence electrons. The third-order valence-electron chi connectivity index (χ3n) is 8.24. The number of halogens is 2. The van der Waals surface area contributed by atoms with E-state index >= 15 is 0 Å². The number of aromatic amines is 1. The SMILES string of the molecule is C=CCC(F)(F)Oc1ccc(C(=O)N2CCC(c3ccnc4[nH]c(C5C6C=CC(C6)C5N)nc34)CC2)cc1. The summed E-state index contributed by atoms with van der Waals surface area (Å²) < 4.78 is 32.1. The lowest BCUT2D eigenvalue weighted by molar-refractivity contribution is -0.172. The van der Waals surface area contributed by atoms with Crippen LogP contribution in [0.25, 0.3) is 11.2 Å². The first-order valence-electron chi connectivity index (χ1n) is 13.2. The fourth-order valence-electron chi connectivity index (χ4n) is 6.30. The molecule has 3 N–H and O–H groups in total. The lowest BCUT2D eigenvalue weighted by Gasteiger charge is -2.32. The van der Waals surface area contributed by atoms with E-state index in [1.165, 1.54) is 24.3 Å². The Kier molecular flexibility index (Phi) is 6.26. The molecule has 2 aliphatic carbocycles. The zero-order chi connectivity index (χ0) is 26.4. The molecule has 4 unspecified atom stereocenters. The molecule has 2 aromatic heterocycles. The van der Waals surface area contributed by atoms with Gasteiger partial charge in [0.25, 0.3) is 5.91 Å². The minimum absolute atomic E-state index is 0.00888. The number of nitrogens with one attached hydrogen (secondary N) is 1. The van der Waals surface area contributed by atoms with Gasteiger partial charge in [-0.3, -0.25) is 4.79 Å². The van der Waals surface area contributed by atoms with E-state index in [9.17, 15) is 13.6 Å². The van der Waals surface area contributed by atoms with Crippen LogP contribution >= 0.6 is 0 Å². The topological polar surface area (TPSA) is 97.1 Å². The van der Waals surface area contributed by atoms with Crippen LogP contribution in [0.15, 0.2) is 61.3 Å². The second kappa shape index (κ2) is 9.62. The van der Waals surface area contributed by atoms with Crippen LogP contribution in [0.5, 0.6) is 5.75 Å². The van der Waals surface area contributed by atoms with Crippen molar-refractivity contribution in [3.63, 3.8) is 0 Å². The van der Waals surface area contributed by atoms with E-state index in [2.05, 4.69) is 28.7 Å². The van der Waals surface area contributed by atoms with E-state index in [0.717, 1.165) is 47.9 Å². The van der Waals surface area contributed by atoms with Gasteiger partial charge in [-0.15, -0.1) is 6.58 Å². The van der Waals surface area contributed by atoms with Crippen LogP contribution in [0, 0.1) is 11.8 Å². The molecule has 1 saturated carbocycles. The van der Waals surface area contributed by atoms with E-state index in [4.69, 9.17) is 15.5 Å². The number of hydrogen-bond donors (Lipinski definition) is 2. The third-order valence-corrected chi connectivity index (χ3v) is 8.24. The van der Waals surface area contributed by atoms with Crippen molar-refractivity contribution >= 4 is 17.1 Å². The molecule has 1 amide bonds. The summed E-state index contributed by atoms with van der Waals surface area (Å²) in [7, 11) is 0. The quantitative estimate of drug-likeness (QED) is 0.421. The number of aromatic nitrogens is 3. The zero-order valence-corrected chi connectivity index (χ0v) is 21.0. The first kappa shape index (κ1) is 24.7. The van der Waals surface area contributed by atoms with Gasteiger partial charge in [-0.25, -0.2) is 9.97 Å². The summed E-state index contributed by atoms with van der Waals surface area (Å²) in [6.45, 7) is 4.52. The van der Waals surface area contributed by atoms with Gasteiger partial charge in [0.15, 0.2) is 5.65 Å². The average Bonchev–Trinajstić information content (AvgIpc) is 3.63. The Morgan fingerprint density at radius 1 is 1.18 bits per heavy atom. The monoisotopic (exact) mass is 519 g/mol. The molecule has 4 atom stereocenters. The van der Waals surface area contributed by atoms with Crippen molar-refractivity contribution in [1.82, 2.24) is 19.9 Å². The Bertz CT molecular complexity index is 1380. The summed E-state index contributed by atoms with van der Waals surface area (Å²) in [5.41, 5.74) is 9.81. The van der Waals surface area contributed by atoms with E-state index in [1.807, 2.05) is 17.2 Å². The van der Waals surface area contributed by atoms with Gasteiger partial charge in [0.2, 0.25) is 0 Å². The van der Waals surface area contributed by atoms with Crippen LogP contribution in [-0.4, -0.2) is 51.0 Å². The molecule has 0 spiro atoms. The van der Waals surface area contributed by atoms with Gasteiger partial charge in [0.05, 0.1) is 6.42 Å². The summed E-state index contributed by atoms with van der Waals surface area (Å²) in [6.07, 6.45) is 6.21. The molecule has 1 saturated heterocycles. The van der Waals surface area contributed by atoms with Crippen LogP contribution in [0.1, 0.15) is 59.3 Å². The van der Waals surface area contributed by atoms with Crippen LogP contribution in [0.4, 0.5) is 8.78 Å². The number of carbonyl (C=O) groups excluding carboxylic acids is 1. The number of piperidine rings is 1. The maximum Gasteiger partial charge on any atom is 0.401 e. The molecule has 2 bridgehead atoms. The molecule has 6 rings (SSSR count). The number of allylic oxidation sites excluding steroid dienone is 1. The largest absolute Gasteiger partial charge is 0.432 e. The second-order valence-electron chi connectivity index (χ2n) is 10.6. The van der Waals surface area contributed by atoms with Crippen LogP contribution < -0.4 is 10.5 Å². The molecular formula is C29H31F2N5O2. The van der Waals surface area contributed by atoms with Crippen molar-refractivity contribution in [2.75, 3.05) is 13.1 Å². The van der Waals surface area contributed by atoms with Gasteiger partial charge in [-0.2, -0.15) is 8.78 Å². The molecule has 38 heavy (non-hydrogen) atoms. The van der Waals surface area contributed by atoms with E-state index in [0.29, 0.717) is 30.5 Å². The number of carbonyl (C=O) groups is 1. The van der Waals surface area contributed by atoms with Crippen LogP contribution in [0.3, 0.4) is 0 Å². The molecule has 9 heteroatoms. The molecule has 1 aliphatic heterocycles. The van der Waals surface area contributed by atoms with Gasteiger partial charge in [0.1, 0.15) is 17.1 Å². The Balaban J connectivity index is 1.12. The number of benzene rings is 1. The van der Waals surface area contributed by atoms with Crippen molar-refractivity contribution in [2.45, 2.75) is 49.7 Å². The lowest BCUT2D eigenvalue weighted by atomic mass is 9.88. The van der Waals surface area contributed by atoms with Gasteiger partial charge in [-0.1, -0.05) is 18.2 Å². The Morgan fingerprint density at radius 2 is 1.92 bits per heavy atom.